The minimum Gasteiger partial charge on any atom is -0.388 e. The maximum Gasteiger partial charge on any atom is 0.173 e. The smallest absolute Gasteiger partial charge is 0.173 e. The molecule has 5 saturated carbocycles. The number of fused-ring (bicyclic) bond motifs is 2. The molecule has 14 atom stereocenters. The molecule has 7 fully saturated rings. The van der Waals surface area contributed by atoms with Crippen LogP contribution in [0.2, 0.25) is 0 Å². The summed E-state index contributed by atoms with van der Waals surface area (Å²) in [6.07, 6.45) is 28.5. The number of benzene rings is 1. The number of hydrogen-bond donors (Lipinski definition) is 1. The average molecular weight is 1140 g/mol. The van der Waals surface area contributed by atoms with Gasteiger partial charge in [0.05, 0.1) is 45.2 Å². The van der Waals surface area contributed by atoms with Crippen LogP contribution in [0.4, 0.5) is 5.69 Å². The van der Waals surface area contributed by atoms with Crippen LogP contribution in [0.25, 0.3) is 0 Å². The van der Waals surface area contributed by atoms with Gasteiger partial charge in [0.15, 0.2) is 12.1 Å². The van der Waals surface area contributed by atoms with Gasteiger partial charge in [-0.1, -0.05) is 159 Å². The van der Waals surface area contributed by atoms with Gasteiger partial charge in [-0.25, -0.2) is 0 Å². The van der Waals surface area contributed by atoms with Gasteiger partial charge < -0.3 is 38.6 Å². The number of anilines is 1. The van der Waals surface area contributed by atoms with Crippen LogP contribution in [-0.4, -0.2) is 85.2 Å². The Morgan fingerprint density at radius 1 is 0.880 bits per heavy atom. The van der Waals surface area contributed by atoms with Gasteiger partial charge in [-0.15, -0.1) is 19.6 Å². The molecule has 83 heavy (non-hydrogen) atoms. The maximum atomic E-state index is 13.8. The van der Waals surface area contributed by atoms with Gasteiger partial charge in [-0.2, -0.15) is 0 Å². The van der Waals surface area contributed by atoms with Gasteiger partial charge in [0.1, 0.15) is 17.9 Å². The van der Waals surface area contributed by atoms with Crippen molar-refractivity contribution in [2.45, 2.75) is 205 Å². The van der Waals surface area contributed by atoms with Crippen LogP contribution in [0.3, 0.4) is 0 Å². The second kappa shape index (κ2) is 25.2. The molecule has 0 radical (unpaired) electrons. The normalized spacial score (nSPS) is 36.9. The summed E-state index contributed by atoms with van der Waals surface area (Å²) in [6.45, 7) is 46.2. The lowest BCUT2D eigenvalue weighted by molar-refractivity contribution is -0.232. The van der Waals surface area contributed by atoms with E-state index >= 15 is 0 Å². The van der Waals surface area contributed by atoms with Crippen molar-refractivity contribution in [3.63, 3.8) is 0 Å². The molecule has 1 N–H and O–H groups in total. The van der Waals surface area contributed by atoms with Crippen LogP contribution >= 0.6 is 0 Å². The zero-order valence-electron chi connectivity index (χ0n) is 52.9. The monoisotopic (exact) mass is 1140 g/mol. The first-order valence-electron chi connectivity index (χ1n) is 31.5. The molecule has 6 aliphatic carbocycles. The number of aliphatic hydroxyl groups excluding tert-OH is 1. The van der Waals surface area contributed by atoms with Crippen molar-refractivity contribution >= 4 is 23.5 Å². The lowest BCUT2D eigenvalue weighted by Gasteiger charge is -2.59. The molecule has 2 saturated heterocycles. The summed E-state index contributed by atoms with van der Waals surface area (Å²) >= 11 is 0. The topological polar surface area (TPSA) is 115 Å². The summed E-state index contributed by atoms with van der Waals surface area (Å²) in [5, 5.41) is 11.3. The molecule has 0 aromatic heterocycles. The van der Waals surface area contributed by atoms with E-state index in [1.54, 1.807) is 24.6 Å². The molecule has 3 heterocycles. The van der Waals surface area contributed by atoms with Crippen LogP contribution in [0, 0.1) is 92.2 Å². The lowest BCUT2D eigenvalue weighted by Crippen LogP contribution is -2.59. The minimum absolute atomic E-state index is 0. The van der Waals surface area contributed by atoms with Gasteiger partial charge in [0, 0.05) is 82.2 Å². The Bertz CT molecular complexity index is 2660. The number of carbonyl (C=O) groups excluding carboxylic acids is 3. The number of hydrogen-bond acceptors (Lipinski definition) is 10. The van der Waals surface area contributed by atoms with Crippen molar-refractivity contribution < 1.29 is 38.4 Å². The predicted octanol–water partition coefficient (Wildman–Crippen LogP) is 15.3. The Morgan fingerprint density at radius 3 is 2.05 bits per heavy atom. The lowest BCUT2D eigenvalue weighted by atomic mass is 9.44. The van der Waals surface area contributed by atoms with E-state index in [0.29, 0.717) is 74.4 Å². The number of para-hydroxylation sites is 1. The average Bonchev–Trinajstić information content (AvgIpc) is 2.77. The number of nitrogens with zero attached hydrogens (tertiary/aromatic N) is 2. The van der Waals surface area contributed by atoms with Crippen molar-refractivity contribution in [2.24, 2.45) is 79.8 Å². The van der Waals surface area contributed by atoms with Gasteiger partial charge >= 0.3 is 0 Å². The van der Waals surface area contributed by atoms with Crippen LogP contribution < -0.4 is 4.90 Å². The van der Waals surface area contributed by atoms with E-state index in [0.717, 1.165) is 69.9 Å². The van der Waals surface area contributed by atoms with Crippen molar-refractivity contribution in [3.8, 4) is 12.3 Å². The molecule has 2 bridgehead atoms. The molecule has 10 nitrogen and oxygen atoms in total. The van der Waals surface area contributed by atoms with Crippen molar-refractivity contribution in [1.29, 1.82) is 0 Å². The number of ether oxygens (including phenoxy) is 4. The summed E-state index contributed by atoms with van der Waals surface area (Å²) < 4.78 is 24.1. The van der Waals surface area contributed by atoms with Gasteiger partial charge in [0.25, 0.3) is 0 Å². The number of terminal acetylenes is 1. The number of allylic oxidation sites excluding steroid dienone is 3. The van der Waals surface area contributed by atoms with E-state index < -0.39 is 33.6 Å². The molecule has 5 unspecified atom stereocenters. The molecule has 1 aromatic rings. The van der Waals surface area contributed by atoms with E-state index in [1.165, 1.54) is 16.8 Å². The number of Topliss-reactive ketones (excluding diaryl/α,β-unsaturated/α-hetero) is 2. The fourth-order valence-electron chi connectivity index (χ4n) is 17.4. The molecule has 1 aromatic carbocycles. The van der Waals surface area contributed by atoms with Crippen LogP contribution in [-0.2, 0) is 33.3 Å². The molecule has 1 spiro atoms. The van der Waals surface area contributed by atoms with E-state index in [-0.39, 0.29) is 66.2 Å². The quantitative estimate of drug-likeness (QED) is 0.116. The van der Waals surface area contributed by atoms with Gasteiger partial charge in [-0.3, -0.25) is 9.59 Å². The number of ketones is 2. The van der Waals surface area contributed by atoms with Crippen LogP contribution in [0.1, 0.15) is 192 Å². The number of aliphatic hydroxyl groups is 1. The molecule has 9 aliphatic rings. The van der Waals surface area contributed by atoms with Crippen molar-refractivity contribution in [3.05, 3.63) is 103 Å². The first-order valence-corrected chi connectivity index (χ1v) is 31.5. The number of carbonyl (C=O) groups is 3. The largest absolute Gasteiger partial charge is 0.388 e. The number of rotatable bonds is 13. The summed E-state index contributed by atoms with van der Waals surface area (Å²) in [5.74, 6) is 5.89. The fourth-order valence-corrected chi connectivity index (χ4v) is 17.4. The standard InChI is InChI=1S/C27H40N2.C23H34O4.C22H30O4.CH4/c1-18(2)22-11-9-12-23(19(3)4)26(22)28-15-16-29(17-28)27-24(20(5)6)13-10-14-25(27)21(7)8;1-6-21(4)13-17(24)22(5)14(2)7-9-23(15(3)19(21)25)10-8-16(18(22)23)20-26-11-12-27-20;1-6-19(4,15-23)14-17(24)20(5)16(3)8-9-21(7-2)10-11-22(18(20)21)25-12-13-26-22;/h9-16,18-22,26H,17H2,1-8H3;6,14,16,18-20,25H,1,3,7-13H2,2,4-5H3;2,6,15-16,18H,1,8-14H2,3-5H3;1H4/t;14-,16-,18?,19+,21+,22+,23+;16-,18?,19+,20?,21+;/m.11./s1. The maximum absolute atomic E-state index is 13.8. The van der Waals surface area contributed by atoms with E-state index in [2.05, 4.69) is 160 Å². The Labute approximate surface area is 502 Å². The Balaban J connectivity index is 0.000000178. The molecule has 458 valence electrons. The van der Waals surface area contributed by atoms with Crippen molar-refractivity contribution in [1.82, 2.24) is 4.90 Å². The highest BCUT2D eigenvalue weighted by Gasteiger charge is 2.71. The van der Waals surface area contributed by atoms with Crippen molar-refractivity contribution in [2.75, 3.05) is 38.0 Å². The van der Waals surface area contributed by atoms with Gasteiger partial charge in [0.2, 0.25) is 0 Å². The third-order valence-electron chi connectivity index (χ3n) is 22.8. The third-order valence-corrected chi connectivity index (χ3v) is 22.8. The molecule has 3 aliphatic heterocycles. The summed E-state index contributed by atoms with van der Waals surface area (Å²) in [6, 6.07) is 7.28. The zero-order valence-corrected chi connectivity index (χ0v) is 52.9. The predicted molar refractivity (Wildman–Crippen MR) is 337 cm³/mol. The fraction of sp³-hybridized carbons (Fsp3) is 0.685. The molecule has 0 amide bonds. The second-order valence-corrected chi connectivity index (χ2v) is 28.8. The zero-order chi connectivity index (χ0) is 60.1. The highest BCUT2D eigenvalue weighted by Crippen LogP contribution is 2.70. The highest BCUT2D eigenvalue weighted by molar-refractivity contribution is 5.89. The third kappa shape index (κ3) is 11.4. The van der Waals surface area contributed by atoms with Crippen LogP contribution in [0.5, 0.6) is 0 Å². The summed E-state index contributed by atoms with van der Waals surface area (Å²) in [5.41, 5.74) is 3.49. The Morgan fingerprint density at radius 2 is 1.49 bits per heavy atom. The van der Waals surface area contributed by atoms with Gasteiger partial charge in [-0.05, 0) is 121 Å². The number of aldehydes is 1. The first-order chi connectivity index (χ1) is 38.6. The Hall–Kier alpha value is -4.37. The first kappa shape index (κ1) is 66.2. The van der Waals surface area contributed by atoms with E-state index in [1.807, 2.05) is 13.8 Å². The summed E-state index contributed by atoms with van der Waals surface area (Å²) in [4.78, 5) is 44.0. The van der Waals surface area contributed by atoms with E-state index in [9.17, 15) is 19.5 Å². The summed E-state index contributed by atoms with van der Waals surface area (Å²) in [7, 11) is 0. The second-order valence-electron chi connectivity index (χ2n) is 28.8. The molecule has 10 rings (SSSR count). The van der Waals surface area contributed by atoms with E-state index in [4.69, 9.17) is 25.4 Å². The SMILES string of the molecule is C.C#C[C@@]12CC[C@@H](C)C(C)(C(=O)C[C@](C)(C=C)C=O)C1C1(CC2)OCCO1.C=C[C@@]1(C)CC(=O)[C@@]2(C)C3[C@H](C4OCCO4)CC[C@@]3(CC[C@H]2C)C(=C)[C@@H]1O.CC(C)C1=CC=CC(C(C)C)C1N1C=CN(c2c(C(C)C)cccc2C(C)C)C1. The molecule has 10 heteroatoms. The molecular formula is C73H108N2O8. The minimum atomic E-state index is -0.862. The Kier molecular flexibility index (Phi) is 20.0. The molecular weight excluding hydrogens is 1030 g/mol. The van der Waals surface area contributed by atoms with Crippen LogP contribution in [0.15, 0.2) is 91.9 Å². The highest BCUT2D eigenvalue weighted by atomic mass is 16.7.